The second-order valence-corrected chi connectivity index (χ2v) is 6.72. The fraction of sp³-hybridized carbons (Fsp3) is 0.111. The second-order valence-electron chi connectivity index (χ2n) is 5.38. The lowest BCUT2D eigenvalue weighted by molar-refractivity contribution is 0.391. The van der Waals surface area contributed by atoms with Gasteiger partial charge in [-0.2, -0.15) is 4.98 Å². The Kier molecular flexibility index (Phi) is 5.08. The number of hydrogen-bond donors (Lipinski definition) is 0. The van der Waals surface area contributed by atoms with Gasteiger partial charge in [0.1, 0.15) is 5.75 Å². The van der Waals surface area contributed by atoms with E-state index in [-0.39, 0.29) is 0 Å². The van der Waals surface area contributed by atoms with Gasteiger partial charge in [0, 0.05) is 11.1 Å². The van der Waals surface area contributed by atoms with Crippen molar-refractivity contribution in [3.63, 3.8) is 0 Å². The Morgan fingerprint density at radius 2 is 1.89 bits per heavy atom. The van der Waals surface area contributed by atoms with Crippen LogP contribution < -0.4 is 4.74 Å². The van der Waals surface area contributed by atoms with Gasteiger partial charge < -0.3 is 13.7 Å². The quantitative estimate of drug-likeness (QED) is 0.429. The summed E-state index contributed by atoms with van der Waals surface area (Å²) in [5, 5.41) is 13.0. The van der Waals surface area contributed by atoms with Gasteiger partial charge in [-0.05, 0) is 36.4 Å². The summed E-state index contributed by atoms with van der Waals surface area (Å²) >= 11 is 7.47. The first-order valence-corrected chi connectivity index (χ1v) is 9.27. The van der Waals surface area contributed by atoms with Crippen molar-refractivity contribution in [2.75, 3.05) is 7.11 Å². The third-order valence-electron chi connectivity index (χ3n) is 3.65. The maximum atomic E-state index is 6.15. The highest BCUT2D eigenvalue weighted by molar-refractivity contribution is 7.98. The number of ether oxygens (including phenoxy) is 1. The van der Waals surface area contributed by atoms with Crippen LogP contribution in [0.5, 0.6) is 5.75 Å². The lowest BCUT2D eigenvalue weighted by Gasteiger charge is -1.99. The molecule has 4 rings (SSSR count). The van der Waals surface area contributed by atoms with Crippen molar-refractivity contribution >= 4 is 23.4 Å². The number of nitrogens with zero attached hydrogens (tertiary/aromatic N) is 4. The molecule has 2 heterocycles. The van der Waals surface area contributed by atoms with Crippen LogP contribution in [-0.2, 0) is 5.75 Å². The largest absolute Gasteiger partial charge is 0.497 e. The van der Waals surface area contributed by atoms with E-state index in [0.717, 1.165) is 16.9 Å². The lowest BCUT2D eigenvalue weighted by Crippen LogP contribution is -1.84. The molecule has 0 N–H and O–H groups in total. The number of halogens is 1. The van der Waals surface area contributed by atoms with E-state index < -0.39 is 0 Å². The van der Waals surface area contributed by atoms with Crippen molar-refractivity contribution in [2.24, 2.45) is 0 Å². The number of hydrogen-bond acceptors (Lipinski definition) is 8. The monoisotopic (exact) mass is 400 g/mol. The maximum absolute atomic E-state index is 6.15. The van der Waals surface area contributed by atoms with Crippen LogP contribution in [0.3, 0.4) is 0 Å². The zero-order valence-corrected chi connectivity index (χ0v) is 15.7. The van der Waals surface area contributed by atoms with Crippen LogP contribution in [0.25, 0.3) is 22.8 Å². The Bertz CT molecular complexity index is 1050. The number of aromatic nitrogens is 4. The number of benzene rings is 2. The van der Waals surface area contributed by atoms with Crippen LogP contribution >= 0.6 is 23.4 Å². The summed E-state index contributed by atoms with van der Waals surface area (Å²) in [7, 11) is 1.62. The number of rotatable bonds is 6. The molecule has 27 heavy (non-hydrogen) atoms. The molecule has 2 aromatic carbocycles. The van der Waals surface area contributed by atoms with Crippen molar-refractivity contribution in [3.05, 3.63) is 59.4 Å². The molecule has 0 radical (unpaired) electrons. The summed E-state index contributed by atoms with van der Waals surface area (Å²) < 4.78 is 16.1. The molecule has 0 saturated carbocycles. The molecule has 136 valence electrons. The fourth-order valence-corrected chi connectivity index (χ4v) is 3.13. The lowest BCUT2D eigenvalue weighted by atomic mass is 10.2. The van der Waals surface area contributed by atoms with E-state index in [1.54, 1.807) is 13.2 Å². The van der Waals surface area contributed by atoms with Crippen LogP contribution in [0.15, 0.2) is 62.7 Å². The fourth-order valence-electron chi connectivity index (χ4n) is 2.31. The van der Waals surface area contributed by atoms with Crippen LogP contribution in [0.2, 0.25) is 5.02 Å². The van der Waals surface area contributed by atoms with Crippen molar-refractivity contribution in [2.45, 2.75) is 11.0 Å². The predicted octanol–water partition coefficient (Wildman–Crippen LogP) is 4.74. The molecule has 0 unspecified atom stereocenters. The van der Waals surface area contributed by atoms with Gasteiger partial charge in [0.05, 0.1) is 17.9 Å². The molecule has 0 aliphatic rings. The standard InChI is InChI=1S/C18H13ClN4O3S/c1-24-12-8-6-11(7-9-12)17-21-22-18(25-17)27-10-15-20-16(23-26-15)13-4-2-3-5-14(13)19/h2-9H,10H2,1H3. The molecule has 0 aliphatic heterocycles. The summed E-state index contributed by atoms with van der Waals surface area (Å²) in [6.45, 7) is 0. The Morgan fingerprint density at radius 3 is 2.67 bits per heavy atom. The molecule has 0 spiro atoms. The Hall–Kier alpha value is -2.84. The minimum atomic E-state index is 0.404. The topological polar surface area (TPSA) is 87.1 Å². The molecule has 0 saturated heterocycles. The normalized spacial score (nSPS) is 10.9. The van der Waals surface area contributed by atoms with E-state index in [9.17, 15) is 0 Å². The van der Waals surface area contributed by atoms with Crippen molar-refractivity contribution in [1.82, 2.24) is 20.3 Å². The average Bonchev–Trinajstić information content (AvgIpc) is 3.36. The smallest absolute Gasteiger partial charge is 0.277 e. The molecule has 2 aromatic heterocycles. The van der Waals surface area contributed by atoms with Gasteiger partial charge in [-0.25, -0.2) is 0 Å². The summed E-state index contributed by atoms with van der Waals surface area (Å²) in [6, 6.07) is 14.7. The van der Waals surface area contributed by atoms with E-state index >= 15 is 0 Å². The van der Waals surface area contributed by atoms with Crippen LogP contribution in [0, 0.1) is 0 Å². The number of methoxy groups -OCH3 is 1. The molecular weight excluding hydrogens is 388 g/mol. The molecule has 0 atom stereocenters. The predicted molar refractivity (Wildman–Crippen MR) is 101 cm³/mol. The Balaban J connectivity index is 1.42. The summed E-state index contributed by atoms with van der Waals surface area (Å²) in [6.07, 6.45) is 0. The minimum Gasteiger partial charge on any atom is -0.497 e. The summed E-state index contributed by atoms with van der Waals surface area (Å²) in [5.41, 5.74) is 1.53. The summed E-state index contributed by atoms with van der Waals surface area (Å²) in [5.74, 6) is 2.49. The first-order valence-electron chi connectivity index (χ1n) is 7.91. The van der Waals surface area contributed by atoms with Crippen LogP contribution in [0.4, 0.5) is 0 Å². The number of thioether (sulfide) groups is 1. The highest BCUT2D eigenvalue weighted by atomic mass is 35.5. The van der Waals surface area contributed by atoms with E-state index in [4.69, 9.17) is 25.3 Å². The third-order valence-corrected chi connectivity index (χ3v) is 4.78. The third kappa shape index (κ3) is 3.96. The van der Waals surface area contributed by atoms with Crippen LogP contribution in [0.1, 0.15) is 5.89 Å². The highest BCUT2D eigenvalue weighted by Gasteiger charge is 2.14. The molecule has 0 fully saturated rings. The average molecular weight is 401 g/mol. The van der Waals surface area contributed by atoms with Crippen molar-refractivity contribution in [1.29, 1.82) is 0 Å². The van der Waals surface area contributed by atoms with Gasteiger partial charge in [-0.1, -0.05) is 40.7 Å². The molecule has 7 nitrogen and oxygen atoms in total. The van der Waals surface area contributed by atoms with E-state index in [1.807, 2.05) is 42.5 Å². The van der Waals surface area contributed by atoms with E-state index in [0.29, 0.717) is 33.6 Å². The van der Waals surface area contributed by atoms with Gasteiger partial charge >= 0.3 is 0 Å². The zero-order valence-electron chi connectivity index (χ0n) is 14.1. The Morgan fingerprint density at radius 1 is 1.07 bits per heavy atom. The highest BCUT2D eigenvalue weighted by Crippen LogP contribution is 2.28. The first kappa shape index (κ1) is 17.6. The molecular formula is C18H13ClN4O3S. The molecule has 9 heteroatoms. The second kappa shape index (κ2) is 7.81. The molecule has 0 bridgehead atoms. The van der Waals surface area contributed by atoms with E-state index in [1.165, 1.54) is 11.8 Å². The first-order chi connectivity index (χ1) is 13.2. The molecule has 0 amide bonds. The van der Waals surface area contributed by atoms with Gasteiger partial charge in [0.2, 0.25) is 17.6 Å². The van der Waals surface area contributed by atoms with Gasteiger partial charge in [0.15, 0.2) is 0 Å². The van der Waals surface area contributed by atoms with Gasteiger partial charge in [-0.15, -0.1) is 10.2 Å². The summed E-state index contributed by atoms with van der Waals surface area (Å²) in [4.78, 5) is 4.35. The van der Waals surface area contributed by atoms with Crippen LogP contribution in [-0.4, -0.2) is 27.4 Å². The maximum Gasteiger partial charge on any atom is 0.277 e. The minimum absolute atomic E-state index is 0.404. The Labute approximate surface area is 163 Å². The SMILES string of the molecule is COc1ccc(-c2nnc(SCc3nc(-c4ccccc4Cl)no3)o2)cc1. The van der Waals surface area contributed by atoms with Crippen molar-refractivity contribution in [3.8, 4) is 28.6 Å². The van der Waals surface area contributed by atoms with Gasteiger partial charge in [0.25, 0.3) is 5.22 Å². The van der Waals surface area contributed by atoms with Gasteiger partial charge in [-0.3, -0.25) is 0 Å². The van der Waals surface area contributed by atoms with Crippen molar-refractivity contribution < 1.29 is 13.7 Å². The zero-order chi connectivity index (χ0) is 18.6. The molecule has 4 aromatic rings. The van der Waals surface area contributed by atoms with E-state index in [2.05, 4.69) is 20.3 Å². The molecule has 0 aliphatic carbocycles.